The van der Waals surface area contributed by atoms with Crippen LogP contribution in [0.5, 0.6) is 0 Å². The number of nitrogens with one attached hydrogen (secondary N) is 1. The fourth-order valence-electron chi connectivity index (χ4n) is 3.77. The Bertz CT molecular complexity index is 615. The third-order valence-electron chi connectivity index (χ3n) is 4.98. The minimum atomic E-state index is 0.370. The van der Waals surface area contributed by atoms with Gasteiger partial charge in [-0.3, -0.25) is 0 Å². The summed E-state index contributed by atoms with van der Waals surface area (Å²) in [5, 5.41) is 3.82. The molecule has 1 aliphatic carbocycles. The van der Waals surface area contributed by atoms with E-state index in [-0.39, 0.29) is 0 Å². The second-order valence-corrected chi connectivity index (χ2v) is 7.24. The Morgan fingerprint density at radius 1 is 1.35 bits per heavy atom. The molecule has 1 aromatic carbocycles. The van der Waals surface area contributed by atoms with Crippen molar-refractivity contribution in [2.75, 3.05) is 18.0 Å². The van der Waals surface area contributed by atoms with Crippen LogP contribution in [0.4, 0.5) is 5.69 Å². The van der Waals surface area contributed by atoms with Gasteiger partial charge in [-0.2, -0.15) is 0 Å². The van der Waals surface area contributed by atoms with E-state index in [1.807, 2.05) is 5.51 Å². The number of fused-ring (bicyclic) bond motifs is 1. The molecule has 1 unspecified atom stereocenters. The number of aromatic nitrogens is 1. The molecule has 0 bridgehead atoms. The van der Waals surface area contributed by atoms with Crippen LogP contribution in [0.3, 0.4) is 0 Å². The summed E-state index contributed by atoms with van der Waals surface area (Å²) in [7, 11) is 0. The lowest BCUT2D eigenvalue weighted by molar-refractivity contribution is 0.276. The largest absolute Gasteiger partial charge is 0.366 e. The van der Waals surface area contributed by atoms with E-state index in [1.54, 1.807) is 11.3 Å². The lowest BCUT2D eigenvalue weighted by Crippen LogP contribution is -2.62. The molecular weight excluding hydrogens is 266 g/mol. The number of anilines is 1. The van der Waals surface area contributed by atoms with Gasteiger partial charge < -0.3 is 10.2 Å². The molecule has 0 radical (unpaired) electrons. The van der Waals surface area contributed by atoms with Crippen molar-refractivity contribution >= 4 is 27.2 Å². The minimum absolute atomic E-state index is 0.370. The molecule has 1 saturated carbocycles. The van der Waals surface area contributed by atoms with Crippen molar-refractivity contribution in [3.8, 4) is 0 Å². The fraction of sp³-hybridized carbons (Fsp3) is 0.562. The van der Waals surface area contributed by atoms with Gasteiger partial charge in [-0.15, -0.1) is 11.3 Å². The average Bonchev–Trinajstić information content (AvgIpc) is 3.10. The van der Waals surface area contributed by atoms with Crippen molar-refractivity contribution in [3.63, 3.8) is 0 Å². The number of piperazine rings is 1. The number of nitrogens with zero attached hydrogens (tertiary/aromatic N) is 2. The first kappa shape index (κ1) is 12.6. The first-order valence-corrected chi connectivity index (χ1v) is 8.49. The standard InChI is InChI=1S/C16H21N3S/c1-12-9-18-16(6-2-3-7-16)10-19(12)13-4-5-14-15(8-13)20-11-17-14/h4-5,8,11-12,18H,2-3,6-7,9-10H2,1H3. The van der Waals surface area contributed by atoms with Gasteiger partial charge >= 0.3 is 0 Å². The second kappa shape index (κ2) is 4.71. The van der Waals surface area contributed by atoms with Crippen molar-refractivity contribution in [1.82, 2.24) is 10.3 Å². The molecule has 2 aromatic rings. The summed E-state index contributed by atoms with van der Waals surface area (Å²) >= 11 is 1.74. The highest BCUT2D eigenvalue weighted by molar-refractivity contribution is 7.16. The predicted molar refractivity (Wildman–Crippen MR) is 85.6 cm³/mol. The lowest BCUT2D eigenvalue weighted by atomic mass is 9.92. The normalized spacial score (nSPS) is 25.6. The van der Waals surface area contributed by atoms with Gasteiger partial charge in [0.2, 0.25) is 0 Å². The Labute approximate surface area is 124 Å². The molecule has 20 heavy (non-hydrogen) atoms. The van der Waals surface area contributed by atoms with Crippen LogP contribution in [0.15, 0.2) is 23.7 Å². The Kier molecular flexibility index (Phi) is 2.97. The first-order chi connectivity index (χ1) is 9.76. The molecule has 1 atom stereocenters. The maximum Gasteiger partial charge on any atom is 0.0813 e. The third-order valence-corrected chi connectivity index (χ3v) is 5.78. The summed E-state index contributed by atoms with van der Waals surface area (Å²) in [6.07, 6.45) is 5.42. The van der Waals surface area contributed by atoms with Crippen LogP contribution < -0.4 is 10.2 Å². The van der Waals surface area contributed by atoms with Crippen LogP contribution in [-0.2, 0) is 0 Å². The number of rotatable bonds is 1. The second-order valence-electron chi connectivity index (χ2n) is 6.35. The van der Waals surface area contributed by atoms with Gasteiger partial charge in [0.15, 0.2) is 0 Å². The summed E-state index contributed by atoms with van der Waals surface area (Å²) in [5.41, 5.74) is 4.79. The Morgan fingerprint density at radius 2 is 2.20 bits per heavy atom. The molecule has 3 nitrogen and oxygen atoms in total. The highest BCUT2D eigenvalue weighted by atomic mass is 32.1. The van der Waals surface area contributed by atoms with Gasteiger partial charge in [-0.25, -0.2) is 4.98 Å². The maximum absolute atomic E-state index is 4.38. The van der Waals surface area contributed by atoms with Crippen LogP contribution >= 0.6 is 11.3 Å². The zero-order valence-corrected chi connectivity index (χ0v) is 12.7. The van der Waals surface area contributed by atoms with Crippen LogP contribution in [0.25, 0.3) is 10.2 Å². The van der Waals surface area contributed by atoms with Crippen LogP contribution in [0, 0.1) is 0 Å². The summed E-state index contributed by atoms with van der Waals surface area (Å²) < 4.78 is 1.30. The SMILES string of the molecule is CC1CNC2(CCCC2)CN1c1ccc2ncsc2c1. The van der Waals surface area contributed by atoms with Crippen molar-refractivity contribution in [1.29, 1.82) is 0 Å². The van der Waals surface area contributed by atoms with Gasteiger partial charge in [-0.1, -0.05) is 12.8 Å². The minimum Gasteiger partial charge on any atom is -0.366 e. The monoisotopic (exact) mass is 287 g/mol. The summed E-state index contributed by atoms with van der Waals surface area (Å²) in [4.78, 5) is 6.98. The van der Waals surface area contributed by atoms with Crippen LogP contribution in [-0.4, -0.2) is 29.7 Å². The third kappa shape index (κ3) is 2.02. The molecule has 4 heteroatoms. The molecule has 0 amide bonds. The molecular formula is C16H21N3S. The zero-order valence-electron chi connectivity index (χ0n) is 11.9. The van der Waals surface area contributed by atoms with Crippen LogP contribution in [0.2, 0.25) is 0 Å². The van der Waals surface area contributed by atoms with E-state index in [0.717, 1.165) is 18.6 Å². The molecule has 1 aliphatic heterocycles. The van der Waals surface area contributed by atoms with E-state index in [4.69, 9.17) is 0 Å². The Morgan fingerprint density at radius 3 is 3.05 bits per heavy atom. The Balaban J connectivity index is 1.67. The number of thiazole rings is 1. The van der Waals surface area contributed by atoms with Crippen molar-refractivity contribution in [2.45, 2.75) is 44.2 Å². The topological polar surface area (TPSA) is 28.2 Å². The highest BCUT2D eigenvalue weighted by Crippen LogP contribution is 2.36. The zero-order chi connectivity index (χ0) is 13.6. The van der Waals surface area contributed by atoms with Crippen molar-refractivity contribution in [2.24, 2.45) is 0 Å². The molecule has 1 aromatic heterocycles. The summed E-state index contributed by atoms with van der Waals surface area (Å²) in [5.74, 6) is 0. The molecule has 2 heterocycles. The summed E-state index contributed by atoms with van der Waals surface area (Å²) in [6.45, 7) is 4.57. The van der Waals surface area contributed by atoms with E-state index in [0.29, 0.717) is 11.6 Å². The van der Waals surface area contributed by atoms with Crippen molar-refractivity contribution in [3.05, 3.63) is 23.7 Å². The predicted octanol–water partition coefficient (Wildman–Crippen LogP) is 3.41. The first-order valence-electron chi connectivity index (χ1n) is 7.61. The molecule has 1 N–H and O–H groups in total. The maximum atomic E-state index is 4.38. The van der Waals surface area contributed by atoms with Gasteiger partial charge in [0.25, 0.3) is 0 Å². The molecule has 1 saturated heterocycles. The average molecular weight is 287 g/mol. The molecule has 4 rings (SSSR count). The molecule has 2 aliphatic rings. The number of hydrogen-bond acceptors (Lipinski definition) is 4. The molecule has 106 valence electrons. The molecule has 1 spiro atoms. The fourth-order valence-corrected chi connectivity index (χ4v) is 4.48. The van der Waals surface area contributed by atoms with E-state index in [9.17, 15) is 0 Å². The molecule has 2 fully saturated rings. The van der Waals surface area contributed by atoms with E-state index in [2.05, 4.69) is 40.3 Å². The lowest BCUT2D eigenvalue weighted by Gasteiger charge is -2.46. The Hall–Kier alpha value is -1.13. The smallest absolute Gasteiger partial charge is 0.0813 e. The number of hydrogen-bond donors (Lipinski definition) is 1. The van der Waals surface area contributed by atoms with Gasteiger partial charge in [-0.05, 0) is 38.0 Å². The summed E-state index contributed by atoms with van der Waals surface area (Å²) in [6, 6.07) is 7.29. The van der Waals surface area contributed by atoms with E-state index < -0.39 is 0 Å². The highest BCUT2D eigenvalue weighted by Gasteiger charge is 2.39. The van der Waals surface area contributed by atoms with Gasteiger partial charge in [0, 0.05) is 30.4 Å². The van der Waals surface area contributed by atoms with E-state index >= 15 is 0 Å². The van der Waals surface area contributed by atoms with Gasteiger partial charge in [0.1, 0.15) is 0 Å². The van der Waals surface area contributed by atoms with Crippen molar-refractivity contribution < 1.29 is 0 Å². The van der Waals surface area contributed by atoms with Crippen LogP contribution in [0.1, 0.15) is 32.6 Å². The quantitative estimate of drug-likeness (QED) is 0.871. The van der Waals surface area contributed by atoms with Gasteiger partial charge in [0.05, 0.1) is 15.7 Å². The van der Waals surface area contributed by atoms with E-state index in [1.165, 1.54) is 36.1 Å². The number of benzene rings is 1.